The Bertz CT molecular complexity index is 391. The molecule has 0 fully saturated rings. The van der Waals surface area contributed by atoms with Gasteiger partial charge in [-0.15, -0.1) is 0 Å². The summed E-state index contributed by atoms with van der Waals surface area (Å²) in [6, 6.07) is 3.01. The molecule has 0 bridgehead atoms. The van der Waals surface area contributed by atoms with E-state index < -0.39 is 6.61 Å². The van der Waals surface area contributed by atoms with Gasteiger partial charge in [-0.05, 0) is 25.5 Å². The van der Waals surface area contributed by atoms with Crippen LogP contribution in [-0.2, 0) is 0 Å². The van der Waals surface area contributed by atoms with E-state index in [9.17, 15) is 13.6 Å². The number of ether oxygens (including phenoxy) is 1. The minimum absolute atomic E-state index is 0.0680. The average Bonchev–Trinajstić information content (AvgIpc) is 2.12. The van der Waals surface area contributed by atoms with E-state index >= 15 is 0 Å². The third-order valence-electron chi connectivity index (χ3n) is 2.00. The fourth-order valence-electron chi connectivity index (χ4n) is 1.19. The predicted octanol–water partition coefficient (Wildman–Crippen LogP) is 2.38. The van der Waals surface area contributed by atoms with Gasteiger partial charge in [0, 0.05) is 0 Å². The molecular formula is C10H11F2NO2. The highest BCUT2D eigenvalue weighted by Gasteiger charge is 2.17. The summed E-state index contributed by atoms with van der Waals surface area (Å²) in [7, 11) is 0. The molecule has 0 aromatic heterocycles. The van der Waals surface area contributed by atoms with Crippen molar-refractivity contribution in [1.82, 2.24) is 0 Å². The normalized spacial score (nSPS) is 10.5. The monoisotopic (exact) mass is 215 g/mol. The molecule has 0 saturated carbocycles. The van der Waals surface area contributed by atoms with Crippen molar-refractivity contribution >= 4 is 11.5 Å². The van der Waals surface area contributed by atoms with Crippen LogP contribution in [0.2, 0.25) is 0 Å². The molecule has 0 saturated heterocycles. The molecule has 0 radical (unpaired) electrons. The number of anilines is 1. The van der Waals surface area contributed by atoms with Gasteiger partial charge in [0.1, 0.15) is 0 Å². The molecule has 0 atom stereocenters. The fraction of sp³-hybridized carbons (Fsp3) is 0.300. The highest BCUT2D eigenvalue weighted by Crippen LogP contribution is 2.31. The molecule has 0 aliphatic carbocycles. The summed E-state index contributed by atoms with van der Waals surface area (Å²) < 4.78 is 28.4. The SMILES string of the molecule is CC(=O)c1ccc(C)c(N)c1OC(F)F. The summed E-state index contributed by atoms with van der Waals surface area (Å²) in [5.74, 6) is -0.602. The van der Waals surface area contributed by atoms with Gasteiger partial charge in [-0.1, -0.05) is 6.07 Å². The minimum Gasteiger partial charge on any atom is -0.432 e. The van der Waals surface area contributed by atoms with Gasteiger partial charge in [-0.25, -0.2) is 0 Å². The van der Waals surface area contributed by atoms with Gasteiger partial charge < -0.3 is 10.5 Å². The summed E-state index contributed by atoms with van der Waals surface area (Å²) in [4.78, 5) is 11.1. The zero-order valence-electron chi connectivity index (χ0n) is 8.38. The van der Waals surface area contributed by atoms with Crippen LogP contribution in [0.4, 0.5) is 14.5 Å². The second-order valence-electron chi connectivity index (χ2n) is 3.11. The molecule has 15 heavy (non-hydrogen) atoms. The van der Waals surface area contributed by atoms with Crippen molar-refractivity contribution in [3.8, 4) is 5.75 Å². The molecular weight excluding hydrogens is 204 g/mol. The van der Waals surface area contributed by atoms with Crippen molar-refractivity contribution in [2.45, 2.75) is 20.5 Å². The molecule has 82 valence electrons. The number of nitrogen functional groups attached to an aromatic ring is 1. The number of rotatable bonds is 3. The summed E-state index contributed by atoms with van der Waals surface area (Å²) in [6.45, 7) is -0.0767. The van der Waals surface area contributed by atoms with Gasteiger partial charge in [0.15, 0.2) is 11.5 Å². The minimum atomic E-state index is -2.99. The third-order valence-corrected chi connectivity index (χ3v) is 2.00. The second-order valence-corrected chi connectivity index (χ2v) is 3.11. The Morgan fingerprint density at radius 2 is 2.07 bits per heavy atom. The Morgan fingerprint density at radius 1 is 1.47 bits per heavy atom. The van der Waals surface area contributed by atoms with E-state index in [2.05, 4.69) is 4.74 Å². The third kappa shape index (κ3) is 2.43. The van der Waals surface area contributed by atoms with Crippen molar-refractivity contribution in [1.29, 1.82) is 0 Å². The van der Waals surface area contributed by atoms with Gasteiger partial charge >= 0.3 is 6.61 Å². The second kappa shape index (κ2) is 4.25. The lowest BCUT2D eigenvalue weighted by molar-refractivity contribution is -0.0496. The van der Waals surface area contributed by atoms with Gasteiger partial charge in [0.25, 0.3) is 0 Å². The van der Waals surface area contributed by atoms with Gasteiger partial charge in [0.2, 0.25) is 0 Å². The molecule has 2 N–H and O–H groups in total. The summed E-state index contributed by atoms with van der Waals surface area (Å²) >= 11 is 0. The predicted molar refractivity (Wildman–Crippen MR) is 52.2 cm³/mol. The van der Waals surface area contributed by atoms with Crippen molar-refractivity contribution in [3.05, 3.63) is 23.3 Å². The summed E-state index contributed by atoms with van der Waals surface area (Å²) in [5, 5.41) is 0. The van der Waals surface area contributed by atoms with Crippen LogP contribution >= 0.6 is 0 Å². The Kier molecular flexibility index (Phi) is 3.24. The molecule has 0 spiro atoms. The number of ketones is 1. The number of Topliss-reactive ketones (excluding diaryl/α,β-unsaturated/α-hetero) is 1. The van der Waals surface area contributed by atoms with E-state index in [0.29, 0.717) is 5.56 Å². The van der Waals surface area contributed by atoms with Crippen LogP contribution in [0.15, 0.2) is 12.1 Å². The van der Waals surface area contributed by atoms with Crippen molar-refractivity contribution < 1.29 is 18.3 Å². The molecule has 1 aromatic carbocycles. The van der Waals surface area contributed by atoms with E-state index in [0.717, 1.165) is 0 Å². The number of alkyl halides is 2. The first-order valence-corrected chi connectivity index (χ1v) is 4.28. The van der Waals surface area contributed by atoms with Crippen LogP contribution in [0.1, 0.15) is 22.8 Å². The average molecular weight is 215 g/mol. The van der Waals surface area contributed by atoms with Crippen molar-refractivity contribution in [2.75, 3.05) is 5.73 Å². The Balaban J connectivity index is 3.28. The molecule has 1 aromatic rings. The van der Waals surface area contributed by atoms with Crippen LogP contribution in [-0.4, -0.2) is 12.4 Å². The maximum Gasteiger partial charge on any atom is 0.387 e. The number of halogens is 2. The van der Waals surface area contributed by atoms with Crippen LogP contribution in [0.3, 0.4) is 0 Å². The number of benzene rings is 1. The van der Waals surface area contributed by atoms with Crippen LogP contribution in [0.25, 0.3) is 0 Å². The summed E-state index contributed by atoms with van der Waals surface area (Å²) in [5.41, 5.74) is 6.29. The van der Waals surface area contributed by atoms with Gasteiger partial charge in [0.05, 0.1) is 11.3 Å². The lowest BCUT2D eigenvalue weighted by Gasteiger charge is -2.12. The first-order chi connectivity index (χ1) is 6.93. The lowest BCUT2D eigenvalue weighted by Crippen LogP contribution is -2.09. The zero-order valence-corrected chi connectivity index (χ0v) is 8.38. The summed E-state index contributed by atoms with van der Waals surface area (Å²) in [6.07, 6.45) is 0. The van der Waals surface area contributed by atoms with Gasteiger partial charge in [-0.3, -0.25) is 4.79 Å². The molecule has 3 nitrogen and oxygen atoms in total. The molecule has 1 rings (SSSR count). The van der Waals surface area contributed by atoms with Crippen molar-refractivity contribution in [2.24, 2.45) is 0 Å². The smallest absolute Gasteiger partial charge is 0.387 e. The number of hydrogen-bond donors (Lipinski definition) is 1. The largest absolute Gasteiger partial charge is 0.432 e. The molecule has 0 amide bonds. The van der Waals surface area contributed by atoms with E-state index in [-0.39, 0.29) is 22.8 Å². The Morgan fingerprint density at radius 3 is 2.53 bits per heavy atom. The number of aryl methyl sites for hydroxylation is 1. The lowest BCUT2D eigenvalue weighted by atomic mass is 10.1. The number of carbonyl (C=O) groups excluding carboxylic acids is 1. The van der Waals surface area contributed by atoms with Gasteiger partial charge in [-0.2, -0.15) is 8.78 Å². The first kappa shape index (κ1) is 11.4. The standard InChI is InChI=1S/C10H11F2NO2/c1-5-3-4-7(6(2)14)9(8(5)13)15-10(11)12/h3-4,10H,13H2,1-2H3. The first-order valence-electron chi connectivity index (χ1n) is 4.28. The number of nitrogens with two attached hydrogens (primary N) is 1. The topological polar surface area (TPSA) is 52.3 Å². The van der Waals surface area contributed by atoms with Crippen LogP contribution < -0.4 is 10.5 Å². The maximum atomic E-state index is 12.1. The zero-order chi connectivity index (χ0) is 11.6. The molecule has 0 unspecified atom stereocenters. The quantitative estimate of drug-likeness (QED) is 0.622. The molecule has 0 aliphatic heterocycles. The highest BCUT2D eigenvalue weighted by molar-refractivity contribution is 5.98. The Hall–Kier alpha value is -1.65. The number of carbonyl (C=O) groups is 1. The molecule has 0 aliphatic rings. The van der Waals surface area contributed by atoms with E-state index in [1.54, 1.807) is 13.0 Å². The number of hydrogen-bond acceptors (Lipinski definition) is 3. The van der Waals surface area contributed by atoms with E-state index in [1.165, 1.54) is 13.0 Å². The van der Waals surface area contributed by atoms with E-state index in [4.69, 9.17) is 5.73 Å². The fourth-order valence-corrected chi connectivity index (χ4v) is 1.19. The maximum absolute atomic E-state index is 12.1. The highest BCUT2D eigenvalue weighted by atomic mass is 19.3. The van der Waals surface area contributed by atoms with Crippen LogP contribution in [0, 0.1) is 6.92 Å². The molecule has 0 heterocycles. The Labute approximate surface area is 85.8 Å². The van der Waals surface area contributed by atoms with Crippen LogP contribution in [0.5, 0.6) is 5.75 Å². The van der Waals surface area contributed by atoms with Crippen molar-refractivity contribution in [3.63, 3.8) is 0 Å². The van der Waals surface area contributed by atoms with E-state index in [1.807, 2.05) is 0 Å². The molecule has 5 heteroatoms.